The number of sulfonamides is 1. The number of hydrogen-bond donors (Lipinski definition) is 1. The molecule has 138 valence electrons. The highest BCUT2D eigenvalue weighted by Crippen LogP contribution is 2.29. The van der Waals surface area contributed by atoms with Gasteiger partial charge in [0.2, 0.25) is 15.9 Å². The van der Waals surface area contributed by atoms with Crippen LogP contribution < -0.4 is 10.1 Å². The lowest BCUT2D eigenvalue weighted by molar-refractivity contribution is -0.126. The molecule has 1 fully saturated rings. The molecule has 26 heavy (non-hydrogen) atoms. The normalized spacial score (nSPS) is 18.4. The summed E-state index contributed by atoms with van der Waals surface area (Å²) >= 11 is 0. The van der Waals surface area contributed by atoms with E-state index in [0.717, 1.165) is 5.56 Å². The smallest absolute Gasteiger partial charge is 0.243 e. The highest BCUT2D eigenvalue weighted by atomic mass is 32.2. The number of amides is 1. The van der Waals surface area contributed by atoms with Crippen LogP contribution in [-0.2, 0) is 20.6 Å². The zero-order chi connectivity index (χ0) is 18.7. The standard InChI is InChI=1S/C19H22N2O4S/c1-14-4-3-5-15(12-14)13-26(23,24)21-11-10-20-19(22)18(21)16-6-8-17(25-2)9-7-16/h3-9,12,18H,10-11,13H2,1-2H3,(H,20,22). The van der Waals surface area contributed by atoms with Crippen molar-refractivity contribution >= 4 is 15.9 Å². The van der Waals surface area contributed by atoms with Crippen molar-refractivity contribution in [1.29, 1.82) is 0 Å². The molecule has 1 aliphatic heterocycles. The number of nitrogens with one attached hydrogen (secondary N) is 1. The third-order valence-corrected chi connectivity index (χ3v) is 6.19. The molecule has 2 aromatic carbocycles. The monoisotopic (exact) mass is 374 g/mol. The van der Waals surface area contributed by atoms with Gasteiger partial charge in [-0.05, 0) is 30.2 Å². The second kappa shape index (κ2) is 7.47. The van der Waals surface area contributed by atoms with Gasteiger partial charge in [-0.25, -0.2) is 8.42 Å². The molecule has 1 atom stereocenters. The second-order valence-electron chi connectivity index (χ2n) is 6.32. The molecule has 0 spiro atoms. The van der Waals surface area contributed by atoms with Crippen molar-refractivity contribution in [3.05, 3.63) is 65.2 Å². The van der Waals surface area contributed by atoms with Crippen molar-refractivity contribution in [2.45, 2.75) is 18.7 Å². The van der Waals surface area contributed by atoms with Crippen LogP contribution in [0.1, 0.15) is 22.7 Å². The van der Waals surface area contributed by atoms with Crippen LogP contribution in [0.25, 0.3) is 0 Å². The third-order valence-electron chi connectivity index (χ3n) is 4.39. The summed E-state index contributed by atoms with van der Waals surface area (Å²) in [6, 6.07) is 13.4. The van der Waals surface area contributed by atoms with E-state index in [9.17, 15) is 13.2 Å². The van der Waals surface area contributed by atoms with E-state index >= 15 is 0 Å². The minimum atomic E-state index is -3.66. The number of aryl methyl sites for hydroxylation is 1. The maximum Gasteiger partial charge on any atom is 0.243 e. The van der Waals surface area contributed by atoms with Crippen LogP contribution in [0.4, 0.5) is 0 Å². The zero-order valence-corrected chi connectivity index (χ0v) is 15.6. The van der Waals surface area contributed by atoms with E-state index in [-0.39, 0.29) is 18.2 Å². The Morgan fingerprint density at radius 3 is 2.58 bits per heavy atom. The van der Waals surface area contributed by atoms with Gasteiger partial charge in [-0.15, -0.1) is 0 Å². The number of nitrogens with zero attached hydrogens (tertiary/aromatic N) is 1. The first-order valence-corrected chi connectivity index (χ1v) is 9.98. The Balaban J connectivity index is 1.92. The predicted molar refractivity (Wildman–Crippen MR) is 99.3 cm³/mol. The number of ether oxygens (including phenoxy) is 1. The lowest BCUT2D eigenvalue weighted by Gasteiger charge is -2.34. The summed E-state index contributed by atoms with van der Waals surface area (Å²) in [5.41, 5.74) is 2.33. The molecule has 1 aliphatic rings. The van der Waals surface area contributed by atoms with E-state index in [4.69, 9.17) is 4.74 Å². The van der Waals surface area contributed by atoms with Crippen molar-refractivity contribution in [2.75, 3.05) is 20.2 Å². The number of rotatable bonds is 5. The summed E-state index contributed by atoms with van der Waals surface area (Å²) in [6.07, 6.45) is 0. The van der Waals surface area contributed by atoms with Gasteiger partial charge in [-0.1, -0.05) is 42.0 Å². The molecule has 1 amide bonds. The number of carbonyl (C=O) groups excluding carboxylic acids is 1. The molecule has 0 bridgehead atoms. The third kappa shape index (κ3) is 3.89. The average molecular weight is 374 g/mol. The lowest BCUT2D eigenvalue weighted by Crippen LogP contribution is -2.52. The SMILES string of the molecule is COc1ccc(C2C(=O)NCCN2S(=O)(=O)Cc2cccc(C)c2)cc1. The van der Waals surface area contributed by atoms with E-state index in [2.05, 4.69) is 5.32 Å². The maximum atomic E-state index is 13.0. The van der Waals surface area contributed by atoms with Crippen LogP contribution in [0, 0.1) is 6.92 Å². The molecule has 1 heterocycles. The topological polar surface area (TPSA) is 75.7 Å². The van der Waals surface area contributed by atoms with E-state index in [0.29, 0.717) is 23.4 Å². The van der Waals surface area contributed by atoms with Crippen LogP contribution >= 0.6 is 0 Å². The Labute approximate surface area is 153 Å². The first-order chi connectivity index (χ1) is 12.4. The van der Waals surface area contributed by atoms with Crippen LogP contribution in [0.2, 0.25) is 0 Å². The minimum absolute atomic E-state index is 0.130. The molecule has 0 aromatic heterocycles. The largest absolute Gasteiger partial charge is 0.497 e. The van der Waals surface area contributed by atoms with Gasteiger partial charge in [0.25, 0.3) is 0 Å². The number of methoxy groups -OCH3 is 1. The molecule has 6 nitrogen and oxygen atoms in total. The van der Waals surface area contributed by atoms with E-state index < -0.39 is 16.1 Å². The molecular formula is C19H22N2O4S. The fourth-order valence-corrected chi connectivity index (χ4v) is 4.82. The first-order valence-electron chi connectivity index (χ1n) is 8.37. The number of piperazine rings is 1. The van der Waals surface area contributed by atoms with Crippen molar-refractivity contribution in [2.24, 2.45) is 0 Å². The molecule has 1 unspecified atom stereocenters. The van der Waals surface area contributed by atoms with Gasteiger partial charge in [0.1, 0.15) is 11.8 Å². The van der Waals surface area contributed by atoms with Gasteiger partial charge in [-0.2, -0.15) is 4.31 Å². The molecule has 7 heteroatoms. The Morgan fingerprint density at radius 2 is 1.92 bits per heavy atom. The molecule has 0 radical (unpaired) electrons. The van der Waals surface area contributed by atoms with Gasteiger partial charge < -0.3 is 10.1 Å². The fourth-order valence-electron chi connectivity index (χ4n) is 3.14. The van der Waals surface area contributed by atoms with Crippen molar-refractivity contribution in [3.8, 4) is 5.75 Å². The Kier molecular flexibility index (Phi) is 5.29. The lowest BCUT2D eigenvalue weighted by atomic mass is 10.0. The first kappa shape index (κ1) is 18.4. The van der Waals surface area contributed by atoms with Gasteiger partial charge in [0, 0.05) is 13.1 Å². The quantitative estimate of drug-likeness (QED) is 0.869. The molecule has 2 aromatic rings. The molecule has 1 saturated heterocycles. The fraction of sp³-hybridized carbons (Fsp3) is 0.316. The molecule has 3 rings (SSSR count). The molecule has 0 aliphatic carbocycles. The highest BCUT2D eigenvalue weighted by molar-refractivity contribution is 7.88. The summed E-state index contributed by atoms with van der Waals surface area (Å²) in [6.45, 7) is 2.47. The number of hydrogen-bond acceptors (Lipinski definition) is 4. The van der Waals surface area contributed by atoms with Crippen molar-refractivity contribution < 1.29 is 17.9 Å². The van der Waals surface area contributed by atoms with Crippen LogP contribution in [-0.4, -0.2) is 38.8 Å². The Morgan fingerprint density at radius 1 is 1.19 bits per heavy atom. The second-order valence-corrected chi connectivity index (χ2v) is 8.24. The number of carbonyl (C=O) groups is 1. The van der Waals surface area contributed by atoms with Gasteiger partial charge in [0.05, 0.1) is 12.9 Å². The van der Waals surface area contributed by atoms with Crippen molar-refractivity contribution in [3.63, 3.8) is 0 Å². The summed E-state index contributed by atoms with van der Waals surface area (Å²) in [7, 11) is -2.10. The maximum absolute atomic E-state index is 13.0. The predicted octanol–water partition coefficient (Wildman–Crippen LogP) is 2.01. The molecular weight excluding hydrogens is 352 g/mol. The van der Waals surface area contributed by atoms with Crippen LogP contribution in [0.3, 0.4) is 0 Å². The van der Waals surface area contributed by atoms with Crippen LogP contribution in [0.15, 0.2) is 48.5 Å². The Bertz CT molecular complexity index is 894. The van der Waals surface area contributed by atoms with E-state index in [1.165, 1.54) is 4.31 Å². The van der Waals surface area contributed by atoms with Gasteiger partial charge in [-0.3, -0.25) is 4.79 Å². The average Bonchev–Trinajstić information content (AvgIpc) is 2.61. The minimum Gasteiger partial charge on any atom is -0.497 e. The Hall–Kier alpha value is -2.38. The zero-order valence-electron chi connectivity index (χ0n) is 14.8. The van der Waals surface area contributed by atoms with E-state index in [1.54, 1.807) is 37.4 Å². The summed E-state index contributed by atoms with van der Waals surface area (Å²) in [5, 5.41) is 2.76. The summed E-state index contributed by atoms with van der Waals surface area (Å²) in [5.74, 6) is 0.211. The van der Waals surface area contributed by atoms with Crippen molar-refractivity contribution in [1.82, 2.24) is 9.62 Å². The highest BCUT2D eigenvalue weighted by Gasteiger charge is 2.38. The summed E-state index contributed by atoms with van der Waals surface area (Å²) in [4.78, 5) is 12.5. The van der Waals surface area contributed by atoms with Gasteiger partial charge >= 0.3 is 0 Å². The summed E-state index contributed by atoms with van der Waals surface area (Å²) < 4.78 is 32.5. The molecule has 0 saturated carbocycles. The van der Waals surface area contributed by atoms with Gasteiger partial charge in [0.15, 0.2) is 0 Å². The number of benzene rings is 2. The molecule has 1 N–H and O–H groups in total. The van der Waals surface area contributed by atoms with E-state index in [1.807, 2.05) is 25.1 Å². The van der Waals surface area contributed by atoms with Crippen LogP contribution in [0.5, 0.6) is 5.75 Å².